The zero-order chi connectivity index (χ0) is 23.2. The van der Waals surface area contributed by atoms with Gasteiger partial charge in [0.15, 0.2) is 5.13 Å². The number of hydrogen-bond acceptors (Lipinski definition) is 7. The summed E-state index contributed by atoms with van der Waals surface area (Å²) in [5.41, 5.74) is 1.64. The average molecular weight is 465 g/mol. The molecule has 0 bridgehead atoms. The molecular formula is C23H24N6O3S. The molecule has 1 aromatic carbocycles. The number of nitrogens with one attached hydrogen (secondary N) is 3. The van der Waals surface area contributed by atoms with E-state index in [4.69, 9.17) is 0 Å². The van der Waals surface area contributed by atoms with Gasteiger partial charge in [0.2, 0.25) is 11.8 Å². The van der Waals surface area contributed by atoms with Crippen molar-refractivity contribution in [3.05, 3.63) is 59.7 Å². The smallest absolute Gasteiger partial charge is 0.273 e. The monoisotopic (exact) mass is 464 g/mol. The summed E-state index contributed by atoms with van der Waals surface area (Å²) >= 11 is 1.35. The van der Waals surface area contributed by atoms with Gasteiger partial charge in [0.05, 0.1) is 0 Å². The van der Waals surface area contributed by atoms with Gasteiger partial charge >= 0.3 is 0 Å². The normalized spacial score (nSPS) is 13.9. The Bertz CT molecular complexity index is 1140. The van der Waals surface area contributed by atoms with E-state index in [2.05, 4.69) is 25.9 Å². The first-order valence-electron chi connectivity index (χ1n) is 10.6. The lowest BCUT2D eigenvalue weighted by Gasteiger charge is -2.31. The second-order valence-corrected chi connectivity index (χ2v) is 8.55. The van der Waals surface area contributed by atoms with E-state index in [1.165, 1.54) is 18.3 Å². The predicted molar refractivity (Wildman–Crippen MR) is 128 cm³/mol. The molecular weight excluding hydrogens is 440 g/mol. The molecule has 4 rings (SSSR count). The van der Waals surface area contributed by atoms with E-state index >= 15 is 0 Å². The summed E-state index contributed by atoms with van der Waals surface area (Å²) in [7, 11) is 0. The fourth-order valence-corrected chi connectivity index (χ4v) is 4.30. The molecule has 0 aliphatic carbocycles. The van der Waals surface area contributed by atoms with Gasteiger partial charge in [-0.15, -0.1) is 11.3 Å². The molecule has 33 heavy (non-hydrogen) atoms. The number of likely N-dealkylation sites (tertiary alicyclic amines) is 1. The largest absolute Gasteiger partial charge is 0.337 e. The Hall–Kier alpha value is -3.79. The Morgan fingerprint density at radius 1 is 1.03 bits per heavy atom. The Balaban J connectivity index is 1.29. The highest BCUT2D eigenvalue weighted by Gasteiger charge is 2.29. The van der Waals surface area contributed by atoms with Gasteiger partial charge in [0.25, 0.3) is 5.91 Å². The van der Waals surface area contributed by atoms with Gasteiger partial charge in [-0.05, 0) is 43.2 Å². The van der Waals surface area contributed by atoms with Crippen LogP contribution in [0.4, 0.5) is 22.3 Å². The van der Waals surface area contributed by atoms with Crippen LogP contribution in [0, 0.1) is 5.92 Å². The third-order valence-electron chi connectivity index (χ3n) is 5.23. The lowest BCUT2D eigenvalue weighted by Crippen LogP contribution is -2.41. The molecule has 0 saturated carbocycles. The second kappa shape index (κ2) is 10.2. The maximum Gasteiger partial charge on any atom is 0.273 e. The number of rotatable bonds is 6. The third kappa shape index (κ3) is 5.92. The maximum atomic E-state index is 12.9. The van der Waals surface area contributed by atoms with E-state index in [1.54, 1.807) is 40.7 Å². The topological polar surface area (TPSA) is 116 Å². The molecule has 3 aromatic rings. The van der Waals surface area contributed by atoms with Crippen LogP contribution in [0.15, 0.2) is 54.0 Å². The van der Waals surface area contributed by atoms with Crippen LogP contribution in [0.2, 0.25) is 0 Å². The highest BCUT2D eigenvalue weighted by atomic mass is 32.1. The van der Waals surface area contributed by atoms with Crippen molar-refractivity contribution < 1.29 is 14.4 Å². The molecule has 1 aliphatic heterocycles. The van der Waals surface area contributed by atoms with Crippen molar-refractivity contribution in [2.24, 2.45) is 5.92 Å². The van der Waals surface area contributed by atoms with E-state index in [-0.39, 0.29) is 23.6 Å². The third-order valence-corrected chi connectivity index (χ3v) is 5.98. The van der Waals surface area contributed by atoms with Gasteiger partial charge in [-0.2, -0.15) is 0 Å². The molecule has 0 atom stereocenters. The van der Waals surface area contributed by atoms with Crippen LogP contribution in [-0.4, -0.2) is 45.7 Å². The van der Waals surface area contributed by atoms with Crippen molar-refractivity contribution in [3.63, 3.8) is 0 Å². The average Bonchev–Trinajstić information content (AvgIpc) is 3.27. The van der Waals surface area contributed by atoms with Crippen LogP contribution in [0.3, 0.4) is 0 Å². The van der Waals surface area contributed by atoms with Gasteiger partial charge in [-0.1, -0.05) is 12.1 Å². The van der Waals surface area contributed by atoms with Crippen LogP contribution < -0.4 is 16.0 Å². The molecule has 10 heteroatoms. The quantitative estimate of drug-likeness (QED) is 0.512. The fraction of sp³-hybridized carbons (Fsp3) is 0.261. The summed E-state index contributed by atoms with van der Waals surface area (Å²) < 4.78 is 0. The summed E-state index contributed by atoms with van der Waals surface area (Å²) in [6.45, 7) is 2.41. The minimum Gasteiger partial charge on any atom is -0.337 e. The van der Waals surface area contributed by atoms with Crippen LogP contribution in [0.5, 0.6) is 0 Å². The predicted octanol–water partition coefficient (Wildman–Crippen LogP) is 3.73. The number of aromatic nitrogens is 2. The highest BCUT2D eigenvalue weighted by Crippen LogP contribution is 2.24. The van der Waals surface area contributed by atoms with E-state index in [1.807, 2.05) is 18.2 Å². The molecule has 1 aliphatic rings. The zero-order valence-corrected chi connectivity index (χ0v) is 18.9. The molecule has 0 spiro atoms. The summed E-state index contributed by atoms with van der Waals surface area (Å²) in [6.07, 6.45) is 2.83. The van der Waals surface area contributed by atoms with E-state index < -0.39 is 0 Å². The molecule has 3 heterocycles. The number of carbonyl (C=O) groups excluding carboxylic acids is 3. The molecule has 9 nitrogen and oxygen atoms in total. The molecule has 170 valence electrons. The number of benzene rings is 1. The Kier molecular flexibility index (Phi) is 6.94. The van der Waals surface area contributed by atoms with E-state index in [0.29, 0.717) is 53.9 Å². The van der Waals surface area contributed by atoms with Crippen LogP contribution in [0.1, 0.15) is 30.3 Å². The summed E-state index contributed by atoms with van der Waals surface area (Å²) in [5, 5.41) is 11.0. The van der Waals surface area contributed by atoms with Gasteiger partial charge in [-0.25, -0.2) is 9.97 Å². The number of anilines is 4. The first kappa shape index (κ1) is 22.4. The Morgan fingerprint density at radius 3 is 2.48 bits per heavy atom. The minimum absolute atomic E-state index is 0.0856. The van der Waals surface area contributed by atoms with Crippen molar-refractivity contribution >= 4 is 51.4 Å². The minimum atomic E-state index is -0.185. The number of nitrogens with zero attached hydrogens (tertiary/aromatic N) is 3. The Morgan fingerprint density at radius 2 is 1.79 bits per heavy atom. The molecule has 1 saturated heterocycles. The summed E-state index contributed by atoms with van der Waals surface area (Å²) in [6, 6.07) is 12.6. The second-order valence-electron chi connectivity index (χ2n) is 7.70. The van der Waals surface area contributed by atoms with Gasteiger partial charge in [0.1, 0.15) is 11.5 Å². The summed E-state index contributed by atoms with van der Waals surface area (Å²) in [5.74, 6) is 0.0885. The number of pyridine rings is 1. The maximum absolute atomic E-state index is 12.9. The number of thiazole rings is 1. The highest BCUT2D eigenvalue weighted by molar-refractivity contribution is 7.14. The first-order valence-corrected chi connectivity index (χ1v) is 11.5. The van der Waals surface area contributed by atoms with Crippen LogP contribution in [-0.2, 0) is 9.59 Å². The van der Waals surface area contributed by atoms with Crippen molar-refractivity contribution in [3.8, 4) is 0 Å². The van der Waals surface area contributed by atoms with Gasteiger partial charge in [0, 0.05) is 48.9 Å². The standard InChI is InChI=1S/C23H24N6O3S/c1-15(30)25-17-5-4-6-18(13-17)26-21(31)16-8-11-29(12-9-16)22(32)19-14-33-23(27-19)28-20-7-2-3-10-24-20/h2-7,10,13-14,16H,8-9,11-12H2,1H3,(H,25,30)(H,26,31)(H,24,27,28). The van der Waals surface area contributed by atoms with Gasteiger partial charge < -0.3 is 20.9 Å². The van der Waals surface area contributed by atoms with Gasteiger partial charge in [-0.3, -0.25) is 14.4 Å². The number of amides is 3. The number of piperidine rings is 1. The van der Waals surface area contributed by atoms with Crippen molar-refractivity contribution in [2.45, 2.75) is 19.8 Å². The van der Waals surface area contributed by atoms with Crippen LogP contribution >= 0.6 is 11.3 Å². The fourth-order valence-electron chi connectivity index (χ4n) is 3.60. The van der Waals surface area contributed by atoms with E-state index in [9.17, 15) is 14.4 Å². The van der Waals surface area contributed by atoms with Crippen molar-refractivity contribution in [1.82, 2.24) is 14.9 Å². The Labute approximate surface area is 195 Å². The molecule has 2 aromatic heterocycles. The lowest BCUT2D eigenvalue weighted by atomic mass is 9.95. The molecule has 3 N–H and O–H groups in total. The van der Waals surface area contributed by atoms with Crippen molar-refractivity contribution in [2.75, 3.05) is 29.0 Å². The molecule has 1 fully saturated rings. The summed E-state index contributed by atoms with van der Waals surface area (Å²) in [4.78, 5) is 47.1. The number of carbonyl (C=O) groups is 3. The molecule has 0 unspecified atom stereocenters. The van der Waals surface area contributed by atoms with Crippen molar-refractivity contribution in [1.29, 1.82) is 0 Å². The SMILES string of the molecule is CC(=O)Nc1cccc(NC(=O)C2CCN(C(=O)c3csc(Nc4ccccn4)n3)CC2)c1. The van der Waals surface area contributed by atoms with E-state index in [0.717, 1.165) is 0 Å². The first-order chi connectivity index (χ1) is 16.0. The van der Waals surface area contributed by atoms with Crippen LogP contribution in [0.25, 0.3) is 0 Å². The molecule has 3 amide bonds. The molecule has 0 radical (unpaired) electrons. The number of hydrogen-bond donors (Lipinski definition) is 3. The lowest BCUT2D eigenvalue weighted by molar-refractivity contribution is -0.121. The zero-order valence-electron chi connectivity index (χ0n) is 18.1.